The van der Waals surface area contributed by atoms with Gasteiger partial charge in [-0.2, -0.15) is 0 Å². The van der Waals surface area contributed by atoms with Crippen LogP contribution in [0.5, 0.6) is 0 Å². The van der Waals surface area contributed by atoms with E-state index in [2.05, 4.69) is 10.3 Å². The van der Waals surface area contributed by atoms with E-state index >= 15 is 0 Å². The van der Waals surface area contributed by atoms with Crippen LogP contribution in [0.1, 0.15) is 12.0 Å². The van der Waals surface area contributed by atoms with E-state index in [4.69, 9.17) is 4.74 Å². The normalized spacial score (nSPS) is 10.7. The zero-order valence-electron chi connectivity index (χ0n) is 14.3. The second kappa shape index (κ2) is 9.48. The number of nitrogens with one attached hydrogen (secondary N) is 1. The van der Waals surface area contributed by atoms with Crippen LogP contribution < -0.4 is 5.32 Å². The third kappa shape index (κ3) is 6.04. The Balaban J connectivity index is 1.33. The predicted molar refractivity (Wildman–Crippen MR) is 104 cm³/mol. The monoisotopic (exact) mass is 404 g/mol. The number of thiazole rings is 1. The third-order valence-corrected chi connectivity index (χ3v) is 5.75. The Labute approximate surface area is 163 Å². The van der Waals surface area contributed by atoms with Gasteiger partial charge in [0.2, 0.25) is 0 Å². The van der Waals surface area contributed by atoms with E-state index in [1.807, 2.05) is 24.3 Å². The van der Waals surface area contributed by atoms with Gasteiger partial charge in [0.15, 0.2) is 10.9 Å². The molecule has 0 aliphatic heterocycles. The van der Waals surface area contributed by atoms with Gasteiger partial charge in [0, 0.05) is 12.3 Å². The molecule has 1 heterocycles. The van der Waals surface area contributed by atoms with Crippen LogP contribution in [0.4, 0.5) is 4.39 Å². The van der Waals surface area contributed by atoms with Crippen molar-refractivity contribution in [3.05, 3.63) is 59.9 Å². The van der Waals surface area contributed by atoms with Crippen LogP contribution in [-0.2, 0) is 20.9 Å². The smallest absolute Gasteiger partial charge is 0.307 e. The molecule has 0 saturated carbocycles. The highest BCUT2D eigenvalue weighted by Crippen LogP contribution is 2.29. The fourth-order valence-electron chi connectivity index (χ4n) is 2.21. The number of hydrogen-bond donors (Lipinski definition) is 1. The molecule has 0 spiro atoms. The van der Waals surface area contributed by atoms with Gasteiger partial charge in [0.25, 0.3) is 5.91 Å². The molecule has 3 rings (SSSR count). The average Bonchev–Trinajstić information content (AvgIpc) is 3.08. The molecule has 0 radical (unpaired) electrons. The van der Waals surface area contributed by atoms with Crippen LogP contribution in [-0.4, -0.2) is 29.2 Å². The molecular weight excluding hydrogens is 387 g/mol. The summed E-state index contributed by atoms with van der Waals surface area (Å²) in [4.78, 5) is 27.9. The number of ether oxygens (including phenoxy) is 1. The lowest BCUT2D eigenvalue weighted by Crippen LogP contribution is -2.28. The maximum Gasteiger partial charge on any atom is 0.307 e. The van der Waals surface area contributed by atoms with Gasteiger partial charge in [-0.05, 0) is 29.8 Å². The number of halogens is 1. The predicted octanol–water partition coefficient (Wildman–Crippen LogP) is 3.78. The van der Waals surface area contributed by atoms with Gasteiger partial charge in [0.05, 0.1) is 16.6 Å². The highest BCUT2D eigenvalue weighted by Gasteiger charge is 2.09. The first-order chi connectivity index (χ1) is 13.1. The number of esters is 1. The molecule has 8 heteroatoms. The first-order valence-electron chi connectivity index (χ1n) is 8.25. The number of amides is 1. The Kier molecular flexibility index (Phi) is 6.78. The first kappa shape index (κ1) is 19.3. The zero-order chi connectivity index (χ0) is 19.1. The molecule has 140 valence electrons. The Morgan fingerprint density at radius 2 is 1.93 bits per heavy atom. The van der Waals surface area contributed by atoms with E-state index in [1.54, 1.807) is 23.5 Å². The summed E-state index contributed by atoms with van der Waals surface area (Å²) in [5.74, 6) is -0.620. The number of hydrogen-bond acceptors (Lipinski definition) is 6. The Morgan fingerprint density at radius 1 is 1.15 bits per heavy atom. The molecule has 0 saturated heterocycles. The Bertz CT molecular complexity index is 895. The number of aromatic nitrogens is 1. The van der Waals surface area contributed by atoms with Gasteiger partial charge in [-0.25, -0.2) is 9.37 Å². The van der Waals surface area contributed by atoms with Crippen molar-refractivity contribution in [2.24, 2.45) is 0 Å². The summed E-state index contributed by atoms with van der Waals surface area (Å²) in [5.41, 5.74) is 1.72. The minimum atomic E-state index is -0.430. The second-order valence-corrected chi connectivity index (χ2v) is 7.98. The average molecular weight is 404 g/mol. The minimum absolute atomic E-state index is 0.200. The molecule has 27 heavy (non-hydrogen) atoms. The molecule has 5 nitrogen and oxygen atoms in total. The summed E-state index contributed by atoms with van der Waals surface area (Å²) in [6, 6.07) is 13.7. The van der Waals surface area contributed by atoms with E-state index in [0.29, 0.717) is 5.75 Å². The maximum absolute atomic E-state index is 12.8. The van der Waals surface area contributed by atoms with E-state index in [-0.39, 0.29) is 25.4 Å². The lowest BCUT2D eigenvalue weighted by molar-refractivity contribution is -0.148. The lowest BCUT2D eigenvalue weighted by Gasteiger charge is -2.06. The zero-order valence-corrected chi connectivity index (χ0v) is 15.9. The van der Waals surface area contributed by atoms with Gasteiger partial charge >= 0.3 is 5.97 Å². The molecular formula is C19H17FN2O3S2. The standard InChI is InChI=1S/C19H17FN2O3S2/c20-14-7-5-13(6-8-14)11-21-17(23)12-25-18(24)9-10-26-19-22-15-3-1-2-4-16(15)27-19/h1-8H,9-12H2,(H,21,23). The molecule has 0 atom stereocenters. The Hall–Kier alpha value is -2.45. The number of benzene rings is 2. The SMILES string of the molecule is O=C(COC(=O)CCSc1nc2ccccc2s1)NCc1ccc(F)cc1. The number of fused-ring (bicyclic) bond motifs is 1. The molecule has 1 N–H and O–H groups in total. The minimum Gasteiger partial charge on any atom is -0.456 e. The van der Waals surface area contributed by atoms with Gasteiger partial charge in [-0.15, -0.1) is 11.3 Å². The van der Waals surface area contributed by atoms with Crippen LogP contribution in [0.3, 0.4) is 0 Å². The summed E-state index contributed by atoms with van der Waals surface area (Å²) >= 11 is 3.08. The number of carbonyl (C=O) groups is 2. The molecule has 1 aromatic heterocycles. The molecule has 1 amide bonds. The van der Waals surface area contributed by atoms with Crippen molar-refractivity contribution in [2.45, 2.75) is 17.3 Å². The van der Waals surface area contributed by atoms with Crippen LogP contribution in [0.15, 0.2) is 52.9 Å². The number of para-hydroxylation sites is 1. The number of rotatable bonds is 8. The topological polar surface area (TPSA) is 68.3 Å². The molecule has 0 aliphatic carbocycles. The summed E-state index contributed by atoms with van der Waals surface area (Å²) in [6.07, 6.45) is 0.200. The van der Waals surface area contributed by atoms with Crippen molar-refractivity contribution in [1.82, 2.24) is 10.3 Å². The Morgan fingerprint density at radius 3 is 2.70 bits per heavy atom. The number of carbonyl (C=O) groups excluding carboxylic acids is 2. The maximum atomic E-state index is 12.8. The van der Waals surface area contributed by atoms with Gasteiger partial charge in [0.1, 0.15) is 5.82 Å². The van der Waals surface area contributed by atoms with E-state index in [1.165, 1.54) is 23.9 Å². The summed E-state index contributed by atoms with van der Waals surface area (Å²) in [5, 5.41) is 2.62. The van der Waals surface area contributed by atoms with Gasteiger partial charge < -0.3 is 10.1 Å². The lowest BCUT2D eigenvalue weighted by atomic mass is 10.2. The molecule has 0 fully saturated rings. The molecule has 0 aliphatic rings. The number of nitrogens with zero attached hydrogens (tertiary/aromatic N) is 1. The summed E-state index contributed by atoms with van der Waals surface area (Å²) in [7, 11) is 0. The summed E-state index contributed by atoms with van der Waals surface area (Å²) < 4.78 is 19.8. The van der Waals surface area contributed by atoms with Crippen molar-refractivity contribution in [3.8, 4) is 0 Å². The van der Waals surface area contributed by atoms with Crippen molar-refractivity contribution in [3.63, 3.8) is 0 Å². The highest BCUT2D eigenvalue weighted by molar-refractivity contribution is 8.01. The van der Waals surface area contributed by atoms with E-state index in [9.17, 15) is 14.0 Å². The van der Waals surface area contributed by atoms with Gasteiger partial charge in [-0.1, -0.05) is 36.0 Å². The highest BCUT2D eigenvalue weighted by atomic mass is 32.2. The van der Waals surface area contributed by atoms with Crippen molar-refractivity contribution in [1.29, 1.82) is 0 Å². The third-order valence-electron chi connectivity index (χ3n) is 3.57. The molecule has 2 aromatic carbocycles. The van der Waals surface area contributed by atoms with Crippen molar-refractivity contribution in [2.75, 3.05) is 12.4 Å². The van der Waals surface area contributed by atoms with E-state index in [0.717, 1.165) is 20.1 Å². The second-order valence-electron chi connectivity index (χ2n) is 5.61. The van der Waals surface area contributed by atoms with Crippen LogP contribution in [0.25, 0.3) is 10.2 Å². The molecule has 3 aromatic rings. The molecule has 0 unspecified atom stereocenters. The quantitative estimate of drug-likeness (QED) is 0.457. The van der Waals surface area contributed by atoms with Crippen LogP contribution in [0.2, 0.25) is 0 Å². The fourth-order valence-corrected chi connectivity index (χ4v) is 4.26. The number of thioether (sulfide) groups is 1. The van der Waals surface area contributed by atoms with E-state index < -0.39 is 11.9 Å². The van der Waals surface area contributed by atoms with Crippen LogP contribution >= 0.6 is 23.1 Å². The van der Waals surface area contributed by atoms with Crippen molar-refractivity contribution >= 4 is 45.2 Å². The fraction of sp³-hybridized carbons (Fsp3) is 0.211. The first-order valence-corrected chi connectivity index (χ1v) is 10.1. The molecule has 0 bridgehead atoms. The largest absolute Gasteiger partial charge is 0.456 e. The van der Waals surface area contributed by atoms with Gasteiger partial charge in [-0.3, -0.25) is 9.59 Å². The van der Waals surface area contributed by atoms with Crippen LogP contribution in [0, 0.1) is 5.82 Å². The van der Waals surface area contributed by atoms with Crippen molar-refractivity contribution < 1.29 is 18.7 Å². The summed E-state index contributed by atoms with van der Waals surface area (Å²) in [6.45, 7) is -0.0735.